The third kappa shape index (κ3) is 3.80. The number of fused-ring (bicyclic) bond motifs is 2. The summed E-state index contributed by atoms with van der Waals surface area (Å²) in [6.07, 6.45) is 5.24. The highest BCUT2D eigenvalue weighted by Gasteiger charge is 2.43. The molecule has 0 aromatic carbocycles. The Morgan fingerprint density at radius 1 is 1.15 bits per heavy atom. The van der Waals surface area contributed by atoms with E-state index in [0.717, 1.165) is 53.5 Å². The maximum atomic E-state index is 12.8. The fraction of sp³-hybridized carbons (Fsp3) is 0.360. The van der Waals surface area contributed by atoms with E-state index in [0.29, 0.717) is 30.4 Å². The molecule has 7 nitrogen and oxygen atoms in total. The van der Waals surface area contributed by atoms with Crippen LogP contribution in [0.3, 0.4) is 0 Å². The van der Waals surface area contributed by atoms with Gasteiger partial charge in [-0.1, -0.05) is 17.7 Å². The maximum absolute atomic E-state index is 12.8. The van der Waals surface area contributed by atoms with Gasteiger partial charge in [-0.15, -0.1) is 0 Å². The number of pyridine rings is 3. The molecule has 5 heterocycles. The van der Waals surface area contributed by atoms with Crippen molar-refractivity contribution in [3.8, 4) is 17.1 Å². The average Bonchev–Trinajstić information content (AvgIpc) is 2.84. The van der Waals surface area contributed by atoms with E-state index in [2.05, 4.69) is 26.3 Å². The Morgan fingerprint density at radius 2 is 1.97 bits per heavy atom. The van der Waals surface area contributed by atoms with E-state index >= 15 is 0 Å². The van der Waals surface area contributed by atoms with Crippen LogP contribution in [0.5, 0.6) is 5.88 Å². The first kappa shape index (κ1) is 21.6. The lowest BCUT2D eigenvalue weighted by atomic mass is 9.70. The summed E-state index contributed by atoms with van der Waals surface area (Å²) < 4.78 is 5.67. The third-order valence-electron chi connectivity index (χ3n) is 6.73. The molecule has 0 unspecified atom stereocenters. The zero-order chi connectivity index (χ0) is 23.0. The molecule has 1 amide bonds. The summed E-state index contributed by atoms with van der Waals surface area (Å²) in [6.45, 7) is 6.72. The number of hydrogen-bond donors (Lipinski definition) is 1. The summed E-state index contributed by atoms with van der Waals surface area (Å²) in [4.78, 5) is 28.8. The largest absolute Gasteiger partial charge is 0.477 e. The van der Waals surface area contributed by atoms with Crippen LogP contribution < -0.4 is 15.0 Å². The van der Waals surface area contributed by atoms with Crippen LogP contribution in [0.15, 0.2) is 42.7 Å². The molecule has 2 aliphatic heterocycles. The van der Waals surface area contributed by atoms with Crippen molar-refractivity contribution in [3.63, 3.8) is 0 Å². The van der Waals surface area contributed by atoms with Gasteiger partial charge in [0.2, 0.25) is 5.88 Å². The van der Waals surface area contributed by atoms with Crippen molar-refractivity contribution < 1.29 is 9.53 Å². The van der Waals surface area contributed by atoms with E-state index in [-0.39, 0.29) is 11.3 Å². The van der Waals surface area contributed by atoms with Gasteiger partial charge in [-0.2, -0.15) is 0 Å². The zero-order valence-electron chi connectivity index (χ0n) is 18.8. The molecule has 2 aliphatic rings. The predicted molar refractivity (Wildman–Crippen MR) is 128 cm³/mol. The van der Waals surface area contributed by atoms with Crippen molar-refractivity contribution in [2.45, 2.75) is 32.1 Å². The van der Waals surface area contributed by atoms with Crippen LogP contribution in [0, 0.1) is 6.92 Å². The second-order valence-corrected chi connectivity index (χ2v) is 8.98. The van der Waals surface area contributed by atoms with Gasteiger partial charge in [0, 0.05) is 48.0 Å². The molecule has 170 valence electrons. The van der Waals surface area contributed by atoms with E-state index in [9.17, 15) is 4.79 Å². The summed E-state index contributed by atoms with van der Waals surface area (Å²) in [5.41, 5.74) is 3.85. The summed E-state index contributed by atoms with van der Waals surface area (Å²) in [5, 5.41) is 3.82. The van der Waals surface area contributed by atoms with Crippen LogP contribution in [0.4, 0.5) is 5.82 Å². The first-order valence-electron chi connectivity index (χ1n) is 11.3. The molecular formula is C25H26ClN5O2. The highest BCUT2D eigenvalue weighted by molar-refractivity contribution is 6.31. The smallest absolute Gasteiger partial charge is 0.270 e. The predicted octanol–water partition coefficient (Wildman–Crippen LogP) is 4.18. The second-order valence-electron chi connectivity index (χ2n) is 8.57. The van der Waals surface area contributed by atoms with Crippen molar-refractivity contribution in [2.24, 2.45) is 0 Å². The molecule has 1 fully saturated rings. The summed E-state index contributed by atoms with van der Waals surface area (Å²) in [6, 6.07) is 9.64. The molecule has 33 heavy (non-hydrogen) atoms. The van der Waals surface area contributed by atoms with Gasteiger partial charge in [-0.3, -0.25) is 4.79 Å². The molecule has 3 aromatic heterocycles. The number of nitrogens with zero attached hydrogens (tertiary/aromatic N) is 4. The van der Waals surface area contributed by atoms with Crippen LogP contribution in [-0.4, -0.2) is 47.1 Å². The number of amides is 1. The van der Waals surface area contributed by atoms with Crippen molar-refractivity contribution >= 4 is 23.3 Å². The Hall–Kier alpha value is -3.19. The molecule has 1 N–H and O–H groups in total. The lowest BCUT2D eigenvalue weighted by molar-refractivity contribution is 0.0910. The van der Waals surface area contributed by atoms with E-state index in [1.165, 1.54) is 0 Å². The minimum atomic E-state index is -0.143. The van der Waals surface area contributed by atoms with Crippen LogP contribution in [0.25, 0.3) is 11.3 Å². The van der Waals surface area contributed by atoms with Crippen LogP contribution in [0.1, 0.15) is 41.4 Å². The van der Waals surface area contributed by atoms with Gasteiger partial charge in [0.1, 0.15) is 11.5 Å². The summed E-state index contributed by atoms with van der Waals surface area (Å²) >= 11 is 6.32. The number of hydrogen-bond acceptors (Lipinski definition) is 6. The van der Waals surface area contributed by atoms with Gasteiger partial charge in [0.15, 0.2) is 0 Å². The first-order chi connectivity index (χ1) is 16.0. The van der Waals surface area contributed by atoms with Crippen LogP contribution in [-0.2, 0) is 5.41 Å². The highest BCUT2D eigenvalue weighted by atomic mass is 35.5. The van der Waals surface area contributed by atoms with Crippen molar-refractivity contribution in [3.05, 3.63) is 64.6 Å². The van der Waals surface area contributed by atoms with Gasteiger partial charge in [0.25, 0.3) is 5.91 Å². The molecule has 0 bridgehead atoms. The van der Waals surface area contributed by atoms with Crippen LogP contribution in [0.2, 0.25) is 5.02 Å². The standard InChI is InChI=1S/C25H26ClN5O2/c1-3-33-24-17(5-4-11-28-24)20-7-6-18-21(30-20)23(32)29-15-25(18)9-13-31(14-10-25)22-16(2)19(26)8-12-27-22/h4-8,11-12H,3,9-10,13-15H2,1-2H3,(H,29,32). The lowest BCUT2D eigenvalue weighted by Crippen LogP contribution is -2.53. The highest BCUT2D eigenvalue weighted by Crippen LogP contribution is 2.41. The number of anilines is 1. The summed E-state index contributed by atoms with van der Waals surface area (Å²) in [7, 11) is 0. The van der Waals surface area contributed by atoms with E-state index in [1.54, 1.807) is 12.4 Å². The fourth-order valence-corrected chi connectivity index (χ4v) is 5.03. The SMILES string of the molecule is CCOc1ncccc1-c1ccc2c(n1)C(=O)NCC21CCN(c2nccc(Cl)c2C)CC1. The number of halogens is 1. The first-order valence-corrected chi connectivity index (χ1v) is 11.6. The molecule has 5 rings (SSSR count). The Balaban J connectivity index is 1.46. The Bertz CT molecular complexity index is 1210. The van der Waals surface area contributed by atoms with Gasteiger partial charge < -0.3 is 15.0 Å². The Morgan fingerprint density at radius 3 is 2.76 bits per heavy atom. The topological polar surface area (TPSA) is 80.2 Å². The molecule has 0 saturated carbocycles. The number of piperidine rings is 1. The van der Waals surface area contributed by atoms with E-state index in [1.807, 2.05) is 38.1 Å². The van der Waals surface area contributed by atoms with E-state index in [4.69, 9.17) is 21.3 Å². The maximum Gasteiger partial charge on any atom is 0.270 e. The minimum absolute atomic E-state index is 0.130. The number of nitrogens with one attached hydrogen (secondary N) is 1. The zero-order valence-corrected chi connectivity index (χ0v) is 19.5. The monoisotopic (exact) mass is 463 g/mol. The molecule has 1 saturated heterocycles. The van der Waals surface area contributed by atoms with Gasteiger partial charge >= 0.3 is 0 Å². The number of aromatic nitrogens is 3. The third-order valence-corrected chi connectivity index (χ3v) is 7.14. The fourth-order valence-electron chi connectivity index (χ4n) is 4.89. The number of carbonyl (C=O) groups is 1. The molecule has 0 radical (unpaired) electrons. The van der Waals surface area contributed by atoms with Crippen LogP contribution >= 0.6 is 11.6 Å². The molecule has 1 spiro atoms. The van der Waals surface area contributed by atoms with Gasteiger partial charge in [-0.25, -0.2) is 15.0 Å². The molecular weight excluding hydrogens is 438 g/mol. The molecule has 8 heteroatoms. The molecule has 0 aliphatic carbocycles. The Labute approximate surface area is 198 Å². The van der Waals surface area contributed by atoms with Gasteiger partial charge in [-0.05, 0) is 56.5 Å². The minimum Gasteiger partial charge on any atom is -0.477 e. The van der Waals surface area contributed by atoms with Crippen molar-refractivity contribution in [1.29, 1.82) is 0 Å². The second kappa shape index (κ2) is 8.63. The number of rotatable bonds is 4. The molecule has 3 aromatic rings. The average molecular weight is 464 g/mol. The molecule has 0 atom stereocenters. The number of carbonyl (C=O) groups excluding carboxylic acids is 1. The summed E-state index contributed by atoms with van der Waals surface area (Å²) in [5.74, 6) is 1.33. The Kier molecular flexibility index (Phi) is 5.66. The normalized spacial score (nSPS) is 16.9. The van der Waals surface area contributed by atoms with Crippen molar-refractivity contribution in [1.82, 2.24) is 20.3 Å². The van der Waals surface area contributed by atoms with Crippen molar-refractivity contribution in [2.75, 3.05) is 31.1 Å². The lowest BCUT2D eigenvalue weighted by Gasteiger charge is -2.45. The quantitative estimate of drug-likeness (QED) is 0.625. The van der Waals surface area contributed by atoms with E-state index < -0.39 is 0 Å². The van der Waals surface area contributed by atoms with Gasteiger partial charge in [0.05, 0.1) is 17.9 Å². The number of ether oxygens (including phenoxy) is 1.